The number of benzene rings is 1. The average molecular weight is 287 g/mol. The van der Waals surface area contributed by atoms with Crippen LogP contribution < -0.4 is 5.73 Å². The van der Waals surface area contributed by atoms with Gasteiger partial charge in [-0.3, -0.25) is 4.98 Å². The van der Waals surface area contributed by atoms with Crippen molar-refractivity contribution in [3.05, 3.63) is 53.4 Å². The Kier molecular flexibility index (Phi) is 4.46. The molecule has 2 N–H and O–H groups in total. The first-order valence-corrected chi connectivity index (χ1v) is 7.09. The van der Waals surface area contributed by atoms with Crippen LogP contribution in [0.5, 0.6) is 0 Å². The number of nitrogens with two attached hydrogens (primary N) is 1. The largest absolute Gasteiger partial charge is 0.399 e. The SMILES string of the molecule is CC/C(C)=C(/Cl)c1cc(-c2cccc(N)c2)cnc1C. The van der Waals surface area contributed by atoms with Gasteiger partial charge in [0.2, 0.25) is 0 Å². The molecule has 20 heavy (non-hydrogen) atoms. The van der Waals surface area contributed by atoms with Crippen LogP contribution in [0.25, 0.3) is 16.2 Å². The molecular formula is C17H19ClN2. The lowest BCUT2D eigenvalue weighted by Gasteiger charge is -2.10. The molecule has 1 aromatic carbocycles. The quantitative estimate of drug-likeness (QED) is 0.805. The fraction of sp³-hybridized carbons (Fsp3) is 0.235. The van der Waals surface area contributed by atoms with Crippen LogP contribution in [0.3, 0.4) is 0 Å². The van der Waals surface area contributed by atoms with Crippen molar-refractivity contribution in [2.24, 2.45) is 0 Å². The third-order valence-electron chi connectivity index (χ3n) is 3.45. The van der Waals surface area contributed by atoms with Crippen molar-refractivity contribution < 1.29 is 0 Å². The number of anilines is 1. The number of hydrogen-bond acceptors (Lipinski definition) is 2. The molecule has 0 atom stereocenters. The predicted molar refractivity (Wildman–Crippen MR) is 87.6 cm³/mol. The van der Waals surface area contributed by atoms with Crippen LogP contribution in [-0.4, -0.2) is 4.98 Å². The number of aryl methyl sites for hydroxylation is 1. The Balaban J connectivity index is 2.54. The molecule has 1 heterocycles. The minimum atomic E-state index is 0.746. The van der Waals surface area contributed by atoms with Crippen LogP contribution >= 0.6 is 11.6 Å². The minimum Gasteiger partial charge on any atom is -0.399 e. The Bertz CT molecular complexity index is 660. The molecule has 2 aromatic rings. The Labute approximate surface area is 125 Å². The molecule has 3 heteroatoms. The standard InChI is InChI=1S/C17H19ClN2/c1-4-11(2)17(18)16-9-14(10-20-12(16)3)13-6-5-7-15(19)8-13/h5-10H,4,19H2,1-3H3/b17-11+. The fourth-order valence-corrected chi connectivity index (χ4v) is 2.34. The first-order chi connectivity index (χ1) is 9.52. The molecule has 1 aromatic heterocycles. The lowest BCUT2D eigenvalue weighted by Crippen LogP contribution is -1.93. The van der Waals surface area contributed by atoms with Crippen molar-refractivity contribution in [1.29, 1.82) is 0 Å². The number of aromatic nitrogens is 1. The Morgan fingerprint density at radius 2 is 2.00 bits per heavy atom. The van der Waals surface area contributed by atoms with Crippen LogP contribution in [0.2, 0.25) is 0 Å². The smallest absolute Gasteiger partial charge is 0.0485 e. The average Bonchev–Trinajstić information content (AvgIpc) is 2.46. The van der Waals surface area contributed by atoms with E-state index < -0.39 is 0 Å². The first kappa shape index (κ1) is 14.6. The summed E-state index contributed by atoms with van der Waals surface area (Å²) in [6, 6.07) is 9.87. The number of nitrogen functional groups attached to an aromatic ring is 1. The summed E-state index contributed by atoms with van der Waals surface area (Å²) in [5, 5.41) is 0.795. The van der Waals surface area contributed by atoms with Gasteiger partial charge in [-0.05, 0) is 44.0 Å². The third-order valence-corrected chi connectivity index (χ3v) is 3.97. The van der Waals surface area contributed by atoms with E-state index in [1.54, 1.807) is 0 Å². The maximum atomic E-state index is 6.47. The number of allylic oxidation sites excluding steroid dienone is 1. The van der Waals surface area contributed by atoms with Crippen LogP contribution in [-0.2, 0) is 0 Å². The van der Waals surface area contributed by atoms with Gasteiger partial charge in [-0.15, -0.1) is 0 Å². The molecule has 104 valence electrons. The molecular weight excluding hydrogens is 268 g/mol. The number of halogens is 1. The molecule has 2 nitrogen and oxygen atoms in total. The van der Waals surface area contributed by atoms with Gasteiger partial charge in [-0.2, -0.15) is 0 Å². The van der Waals surface area contributed by atoms with Gasteiger partial charge >= 0.3 is 0 Å². The maximum absolute atomic E-state index is 6.47. The van der Waals surface area contributed by atoms with Crippen molar-refractivity contribution in [3.8, 4) is 11.1 Å². The van der Waals surface area contributed by atoms with Gasteiger partial charge in [0.05, 0.1) is 0 Å². The molecule has 0 amide bonds. The summed E-state index contributed by atoms with van der Waals surface area (Å²) in [6.45, 7) is 6.13. The highest BCUT2D eigenvalue weighted by Crippen LogP contribution is 2.30. The second-order valence-corrected chi connectivity index (χ2v) is 5.31. The van der Waals surface area contributed by atoms with Gasteiger partial charge in [0.25, 0.3) is 0 Å². The number of rotatable bonds is 3. The molecule has 0 saturated carbocycles. The molecule has 0 aliphatic carbocycles. The van der Waals surface area contributed by atoms with Gasteiger partial charge in [0, 0.05) is 33.7 Å². The van der Waals surface area contributed by atoms with Gasteiger partial charge in [-0.25, -0.2) is 0 Å². The normalized spacial score (nSPS) is 12.2. The first-order valence-electron chi connectivity index (χ1n) is 6.71. The van der Waals surface area contributed by atoms with Crippen LogP contribution in [0.4, 0.5) is 5.69 Å². The zero-order chi connectivity index (χ0) is 14.7. The van der Waals surface area contributed by atoms with Crippen molar-refractivity contribution >= 4 is 22.3 Å². The highest BCUT2D eigenvalue weighted by Gasteiger charge is 2.09. The van der Waals surface area contributed by atoms with Gasteiger partial charge < -0.3 is 5.73 Å². The summed E-state index contributed by atoms with van der Waals surface area (Å²) < 4.78 is 0. The highest BCUT2D eigenvalue weighted by atomic mass is 35.5. The van der Waals surface area contributed by atoms with E-state index in [0.29, 0.717) is 0 Å². The van der Waals surface area contributed by atoms with Crippen molar-refractivity contribution in [3.63, 3.8) is 0 Å². The molecule has 0 saturated heterocycles. The number of hydrogen-bond donors (Lipinski definition) is 1. The van der Waals surface area contributed by atoms with Crippen LogP contribution in [0, 0.1) is 6.92 Å². The Hall–Kier alpha value is -1.80. The lowest BCUT2D eigenvalue weighted by molar-refractivity contribution is 1.10. The topological polar surface area (TPSA) is 38.9 Å². The fourth-order valence-electron chi connectivity index (χ4n) is 2.02. The molecule has 2 rings (SSSR count). The zero-order valence-corrected chi connectivity index (χ0v) is 12.8. The molecule has 0 radical (unpaired) electrons. The summed E-state index contributed by atoms with van der Waals surface area (Å²) in [6.07, 6.45) is 2.79. The van der Waals surface area contributed by atoms with Crippen molar-refractivity contribution in [2.45, 2.75) is 27.2 Å². The summed E-state index contributed by atoms with van der Waals surface area (Å²) in [7, 11) is 0. The van der Waals surface area contributed by atoms with Gasteiger partial charge in [-0.1, -0.05) is 36.2 Å². The molecule has 0 aliphatic rings. The van der Waals surface area contributed by atoms with Crippen LogP contribution in [0.15, 0.2) is 42.1 Å². The van der Waals surface area contributed by atoms with E-state index in [2.05, 4.69) is 24.9 Å². The third kappa shape index (κ3) is 3.02. The van der Waals surface area contributed by atoms with Crippen molar-refractivity contribution in [2.75, 3.05) is 5.73 Å². The minimum absolute atomic E-state index is 0.746. The molecule has 0 spiro atoms. The van der Waals surface area contributed by atoms with Crippen LogP contribution in [0.1, 0.15) is 31.5 Å². The maximum Gasteiger partial charge on any atom is 0.0485 e. The lowest BCUT2D eigenvalue weighted by atomic mass is 10.0. The number of nitrogens with zero attached hydrogens (tertiary/aromatic N) is 1. The summed E-state index contributed by atoms with van der Waals surface area (Å²) in [5.41, 5.74) is 11.8. The second kappa shape index (κ2) is 6.10. The van der Waals surface area contributed by atoms with Gasteiger partial charge in [0.15, 0.2) is 0 Å². The van der Waals surface area contributed by atoms with E-state index in [4.69, 9.17) is 17.3 Å². The van der Waals surface area contributed by atoms with Crippen molar-refractivity contribution in [1.82, 2.24) is 4.98 Å². The van der Waals surface area contributed by atoms with Gasteiger partial charge in [0.1, 0.15) is 0 Å². The predicted octanol–water partition coefficient (Wildman–Crippen LogP) is 5.02. The molecule has 0 fully saturated rings. The van der Waals surface area contributed by atoms with E-state index in [9.17, 15) is 0 Å². The summed E-state index contributed by atoms with van der Waals surface area (Å²) in [4.78, 5) is 4.46. The molecule has 0 bridgehead atoms. The molecule has 0 unspecified atom stereocenters. The Morgan fingerprint density at radius 1 is 1.25 bits per heavy atom. The van der Waals surface area contributed by atoms with E-state index in [-0.39, 0.29) is 0 Å². The van der Waals surface area contributed by atoms with E-state index in [1.807, 2.05) is 37.4 Å². The monoisotopic (exact) mass is 286 g/mol. The zero-order valence-electron chi connectivity index (χ0n) is 12.1. The van der Waals surface area contributed by atoms with E-state index in [1.165, 1.54) is 5.57 Å². The highest BCUT2D eigenvalue weighted by molar-refractivity contribution is 6.49. The number of pyridine rings is 1. The molecule has 0 aliphatic heterocycles. The summed E-state index contributed by atoms with van der Waals surface area (Å²) >= 11 is 6.47. The second-order valence-electron chi connectivity index (χ2n) is 4.93. The van der Waals surface area contributed by atoms with E-state index in [0.717, 1.165) is 39.5 Å². The van der Waals surface area contributed by atoms with E-state index >= 15 is 0 Å². The summed E-state index contributed by atoms with van der Waals surface area (Å²) in [5.74, 6) is 0. The Morgan fingerprint density at radius 3 is 2.65 bits per heavy atom.